The maximum Gasteiger partial charge on any atom is 0.170 e. The van der Waals surface area contributed by atoms with Gasteiger partial charge >= 0.3 is 0 Å². The molecule has 7 heteroatoms. The van der Waals surface area contributed by atoms with Gasteiger partial charge in [-0.25, -0.2) is 4.98 Å². The number of nitrogens with two attached hydrogens (primary N) is 1. The van der Waals surface area contributed by atoms with Crippen LogP contribution in [0.25, 0.3) is 27.8 Å². The number of anilines is 1. The number of hydrogen-bond acceptors (Lipinski definition) is 5. The van der Waals surface area contributed by atoms with Crippen molar-refractivity contribution in [3.63, 3.8) is 0 Å². The van der Waals surface area contributed by atoms with Crippen molar-refractivity contribution in [2.45, 2.75) is 0 Å². The average molecular weight is 412 g/mol. The number of nitrogens with one attached hydrogen (secondary N) is 1. The van der Waals surface area contributed by atoms with Gasteiger partial charge in [0.2, 0.25) is 0 Å². The zero-order chi connectivity index (χ0) is 21.2. The Morgan fingerprint density at radius 1 is 1.00 bits per heavy atom. The lowest BCUT2D eigenvalue weighted by atomic mass is 10.0. The molecule has 156 valence electrons. The summed E-state index contributed by atoms with van der Waals surface area (Å²) in [5.41, 5.74) is 12.8. The van der Waals surface area contributed by atoms with Crippen molar-refractivity contribution >= 4 is 22.6 Å². The van der Waals surface area contributed by atoms with Gasteiger partial charge in [-0.2, -0.15) is 0 Å². The maximum absolute atomic E-state index is 8.93. The first kappa shape index (κ1) is 19.1. The van der Waals surface area contributed by atoms with Crippen LogP contribution in [0.2, 0.25) is 0 Å². The van der Waals surface area contributed by atoms with E-state index in [4.69, 9.17) is 10.9 Å². The molecular formula is C24H24N6O. The van der Waals surface area contributed by atoms with E-state index in [1.807, 2.05) is 24.5 Å². The third-order valence-corrected chi connectivity index (χ3v) is 5.75. The molecule has 0 atom stereocenters. The van der Waals surface area contributed by atoms with Gasteiger partial charge in [0.25, 0.3) is 0 Å². The lowest BCUT2D eigenvalue weighted by Gasteiger charge is -2.31. The van der Waals surface area contributed by atoms with Crippen molar-refractivity contribution < 1.29 is 5.21 Å². The second-order valence-electron chi connectivity index (χ2n) is 7.61. The fraction of sp³-hybridized carbons (Fsp3) is 0.167. The summed E-state index contributed by atoms with van der Waals surface area (Å²) in [5, 5.41) is 15.4. The summed E-state index contributed by atoms with van der Waals surface area (Å²) in [7, 11) is 0. The number of oxime groups is 1. The fourth-order valence-electron chi connectivity index (χ4n) is 4.16. The first-order chi connectivity index (χ1) is 15.2. The Morgan fingerprint density at radius 3 is 2.68 bits per heavy atom. The van der Waals surface area contributed by atoms with Crippen molar-refractivity contribution in [3.05, 3.63) is 78.6 Å². The molecule has 0 amide bonds. The van der Waals surface area contributed by atoms with E-state index in [2.05, 4.69) is 73.5 Å². The summed E-state index contributed by atoms with van der Waals surface area (Å²) in [6, 6.07) is 22.7. The van der Waals surface area contributed by atoms with E-state index in [9.17, 15) is 0 Å². The van der Waals surface area contributed by atoms with Gasteiger partial charge in [0.1, 0.15) is 6.33 Å². The van der Waals surface area contributed by atoms with Gasteiger partial charge in [0.05, 0.1) is 11.0 Å². The summed E-state index contributed by atoms with van der Waals surface area (Å²) in [6.07, 6.45) is 1.81. The third kappa shape index (κ3) is 3.60. The number of amidine groups is 1. The van der Waals surface area contributed by atoms with Crippen LogP contribution in [0.4, 0.5) is 5.69 Å². The SMILES string of the molecule is NC(=NO)c1ccc2c(c1)ncn2-c1cccc(-c2ccccc2N2CCNCC2)c1. The number of hydrogen-bond donors (Lipinski definition) is 3. The number of benzene rings is 3. The van der Waals surface area contributed by atoms with Crippen LogP contribution in [-0.2, 0) is 0 Å². The maximum atomic E-state index is 8.93. The smallest absolute Gasteiger partial charge is 0.170 e. The van der Waals surface area contributed by atoms with Crippen molar-refractivity contribution in [2.24, 2.45) is 10.9 Å². The van der Waals surface area contributed by atoms with E-state index in [-0.39, 0.29) is 5.84 Å². The van der Waals surface area contributed by atoms with Crippen molar-refractivity contribution in [1.29, 1.82) is 0 Å². The van der Waals surface area contributed by atoms with Crippen LogP contribution in [0.15, 0.2) is 78.2 Å². The van der Waals surface area contributed by atoms with E-state index >= 15 is 0 Å². The number of rotatable bonds is 4. The Balaban J connectivity index is 1.55. The predicted octanol–water partition coefficient (Wildman–Crippen LogP) is 3.20. The summed E-state index contributed by atoms with van der Waals surface area (Å²) >= 11 is 0. The minimum absolute atomic E-state index is 0.0722. The number of aromatic nitrogens is 2. The minimum atomic E-state index is 0.0722. The summed E-state index contributed by atoms with van der Waals surface area (Å²) < 4.78 is 2.06. The van der Waals surface area contributed by atoms with Crippen LogP contribution in [0.5, 0.6) is 0 Å². The summed E-state index contributed by atoms with van der Waals surface area (Å²) in [4.78, 5) is 6.97. The Kier molecular flexibility index (Phi) is 5.01. The normalized spacial score (nSPS) is 14.8. The van der Waals surface area contributed by atoms with E-state index in [0.29, 0.717) is 5.56 Å². The lowest BCUT2D eigenvalue weighted by molar-refractivity contribution is 0.318. The Morgan fingerprint density at radius 2 is 1.84 bits per heavy atom. The van der Waals surface area contributed by atoms with Crippen molar-refractivity contribution in [1.82, 2.24) is 14.9 Å². The number of para-hydroxylation sites is 1. The number of fused-ring (bicyclic) bond motifs is 1. The standard InChI is InChI=1S/C24H24N6O/c25-24(28-31)18-8-9-23-21(15-18)27-16-30(23)19-5-3-4-17(14-19)20-6-1-2-7-22(20)29-12-10-26-11-13-29/h1-9,14-16,26,31H,10-13H2,(H2,25,28). The molecule has 1 aliphatic heterocycles. The highest BCUT2D eigenvalue weighted by Gasteiger charge is 2.15. The Labute approximate surface area is 180 Å². The molecule has 0 aliphatic carbocycles. The molecule has 0 spiro atoms. The van der Waals surface area contributed by atoms with Crippen LogP contribution in [-0.4, -0.2) is 46.8 Å². The van der Waals surface area contributed by atoms with Gasteiger partial charge in [0.15, 0.2) is 5.84 Å². The second kappa shape index (κ2) is 8.12. The van der Waals surface area contributed by atoms with Crippen molar-refractivity contribution in [3.8, 4) is 16.8 Å². The topological polar surface area (TPSA) is 91.7 Å². The third-order valence-electron chi connectivity index (χ3n) is 5.75. The molecule has 1 saturated heterocycles. The highest BCUT2D eigenvalue weighted by atomic mass is 16.4. The van der Waals surface area contributed by atoms with E-state index in [0.717, 1.165) is 42.9 Å². The first-order valence-corrected chi connectivity index (χ1v) is 10.3. The highest BCUT2D eigenvalue weighted by Crippen LogP contribution is 2.32. The second-order valence-corrected chi connectivity index (χ2v) is 7.61. The zero-order valence-electron chi connectivity index (χ0n) is 17.1. The molecule has 1 aliphatic rings. The molecule has 4 aromatic rings. The molecule has 0 unspecified atom stereocenters. The average Bonchev–Trinajstić information content (AvgIpc) is 3.27. The van der Waals surface area contributed by atoms with Gasteiger partial charge in [-0.05, 0) is 42.0 Å². The number of piperazine rings is 1. The van der Waals surface area contributed by atoms with E-state index in [1.165, 1.54) is 16.8 Å². The molecule has 31 heavy (non-hydrogen) atoms. The van der Waals surface area contributed by atoms with Crippen LogP contribution in [0.3, 0.4) is 0 Å². The van der Waals surface area contributed by atoms with Gasteiger partial charge in [-0.1, -0.05) is 35.5 Å². The van der Waals surface area contributed by atoms with Crippen LogP contribution >= 0.6 is 0 Å². The largest absolute Gasteiger partial charge is 0.409 e. The molecule has 3 aromatic carbocycles. The van der Waals surface area contributed by atoms with Gasteiger partial charge < -0.3 is 21.2 Å². The quantitative estimate of drug-likeness (QED) is 0.207. The molecule has 4 N–H and O–H groups in total. The van der Waals surface area contributed by atoms with Gasteiger partial charge in [-0.15, -0.1) is 0 Å². The molecule has 2 heterocycles. The number of imidazole rings is 1. The number of nitrogens with zero attached hydrogens (tertiary/aromatic N) is 4. The molecule has 1 aromatic heterocycles. The lowest BCUT2D eigenvalue weighted by Crippen LogP contribution is -2.43. The molecule has 7 nitrogen and oxygen atoms in total. The van der Waals surface area contributed by atoms with Gasteiger partial charge in [-0.3, -0.25) is 4.57 Å². The summed E-state index contributed by atoms with van der Waals surface area (Å²) in [5.74, 6) is 0.0722. The van der Waals surface area contributed by atoms with Gasteiger partial charge in [0, 0.05) is 48.7 Å². The molecule has 0 bridgehead atoms. The molecule has 0 radical (unpaired) electrons. The fourth-order valence-corrected chi connectivity index (χ4v) is 4.16. The molecule has 1 fully saturated rings. The Bertz CT molecular complexity index is 1260. The van der Waals surface area contributed by atoms with E-state index in [1.54, 1.807) is 0 Å². The molecular weight excluding hydrogens is 388 g/mol. The Hall–Kier alpha value is -3.84. The van der Waals surface area contributed by atoms with Crippen LogP contribution in [0, 0.1) is 0 Å². The molecule has 5 rings (SSSR count). The van der Waals surface area contributed by atoms with Crippen LogP contribution < -0.4 is 16.0 Å². The molecule has 0 saturated carbocycles. The predicted molar refractivity (Wildman–Crippen MR) is 124 cm³/mol. The van der Waals surface area contributed by atoms with E-state index < -0.39 is 0 Å². The van der Waals surface area contributed by atoms with Crippen LogP contribution in [0.1, 0.15) is 5.56 Å². The monoisotopic (exact) mass is 412 g/mol. The highest BCUT2D eigenvalue weighted by molar-refractivity contribution is 5.99. The van der Waals surface area contributed by atoms with Crippen molar-refractivity contribution in [2.75, 3.05) is 31.1 Å². The summed E-state index contributed by atoms with van der Waals surface area (Å²) in [6.45, 7) is 4.02. The first-order valence-electron chi connectivity index (χ1n) is 10.3. The minimum Gasteiger partial charge on any atom is -0.409 e. The zero-order valence-corrected chi connectivity index (χ0v) is 17.1.